The molecule has 2 aromatic carbocycles. The molecule has 0 aromatic heterocycles. The monoisotopic (exact) mass is 212 g/mol. The topological polar surface area (TPSA) is 17.1 Å². The van der Waals surface area contributed by atoms with Crippen LogP contribution in [0.5, 0.6) is 0 Å². The van der Waals surface area contributed by atoms with Gasteiger partial charge >= 0.3 is 0 Å². The number of fused-ring (bicyclic) bond motifs is 1. The molecule has 0 aliphatic carbocycles. The molecule has 0 atom stereocenters. The summed E-state index contributed by atoms with van der Waals surface area (Å²) in [5.74, 6) is 0.555. The molecule has 2 rings (SSSR count). The van der Waals surface area contributed by atoms with E-state index >= 15 is 0 Å². The van der Waals surface area contributed by atoms with Gasteiger partial charge in [-0.05, 0) is 27.8 Å². The molecule has 0 aliphatic rings. The van der Waals surface area contributed by atoms with E-state index in [1.807, 2.05) is 6.07 Å². The highest BCUT2D eigenvalue weighted by molar-refractivity contribution is 5.84. The molecule has 1 heteroatoms. The second-order valence-electron chi connectivity index (χ2n) is 4.47. The van der Waals surface area contributed by atoms with Gasteiger partial charge in [0, 0.05) is 6.42 Å². The lowest BCUT2D eigenvalue weighted by molar-refractivity contribution is -0.107. The van der Waals surface area contributed by atoms with E-state index in [0.29, 0.717) is 12.3 Å². The zero-order valence-corrected chi connectivity index (χ0v) is 9.73. The first-order valence-corrected chi connectivity index (χ1v) is 5.67. The Morgan fingerprint density at radius 1 is 1.06 bits per heavy atom. The van der Waals surface area contributed by atoms with Crippen LogP contribution < -0.4 is 0 Å². The third kappa shape index (κ3) is 2.13. The number of hydrogen-bond donors (Lipinski definition) is 0. The van der Waals surface area contributed by atoms with Crippen molar-refractivity contribution in [3.05, 3.63) is 47.5 Å². The highest BCUT2D eigenvalue weighted by atomic mass is 16.1. The number of benzene rings is 2. The quantitative estimate of drug-likeness (QED) is 0.709. The number of aldehydes is 1. The van der Waals surface area contributed by atoms with E-state index < -0.39 is 0 Å². The van der Waals surface area contributed by atoms with Crippen molar-refractivity contribution in [2.24, 2.45) is 0 Å². The van der Waals surface area contributed by atoms with Gasteiger partial charge < -0.3 is 4.79 Å². The van der Waals surface area contributed by atoms with Crippen molar-refractivity contribution in [2.45, 2.75) is 26.2 Å². The van der Waals surface area contributed by atoms with Gasteiger partial charge in [-0.3, -0.25) is 0 Å². The van der Waals surface area contributed by atoms with Crippen LogP contribution in [0, 0.1) is 0 Å². The lowest BCUT2D eigenvalue weighted by Crippen LogP contribution is -1.89. The van der Waals surface area contributed by atoms with Gasteiger partial charge in [0.1, 0.15) is 6.29 Å². The van der Waals surface area contributed by atoms with E-state index in [9.17, 15) is 4.79 Å². The van der Waals surface area contributed by atoms with Crippen molar-refractivity contribution in [1.29, 1.82) is 0 Å². The van der Waals surface area contributed by atoms with Crippen molar-refractivity contribution < 1.29 is 4.79 Å². The molecule has 82 valence electrons. The summed E-state index contributed by atoms with van der Waals surface area (Å²) < 4.78 is 0. The molecule has 0 heterocycles. The smallest absolute Gasteiger partial charge is 0.124 e. The van der Waals surface area contributed by atoms with E-state index in [1.165, 1.54) is 16.3 Å². The maximum absolute atomic E-state index is 10.5. The fraction of sp³-hybridized carbons (Fsp3) is 0.267. The Kier molecular flexibility index (Phi) is 3.04. The minimum atomic E-state index is 0.502. The first-order chi connectivity index (χ1) is 7.70. The fourth-order valence-electron chi connectivity index (χ4n) is 1.90. The van der Waals surface area contributed by atoms with Crippen LogP contribution in [0.1, 0.15) is 30.9 Å². The predicted molar refractivity (Wildman–Crippen MR) is 67.8 cm³/mol. The van der Waals surface area contributed by atoms with E-state index in [2.05, 4.69) is 44.2 Å². The van der Waals surface area contributed by atoms with Gasteiger partial charge in [0.15, 0.2) is 0 Å². The van der Waals surface area contributed by atoms with Crippen LogP contribution in [0.2, 0.25) is 0 Å². The molecule has 0 radical (unpaired) electrons. The molecule has 0 unspecified atom stereocenters. The third-order valence-corrected chi connectivity index (χ3v) is 2.91. The average Bonchev–Trinajstić information content (AvgIpc) is 2.28. The van der Waals surface area contributed by atoms with Crippen molar-refractivity contribution >= 4 is 17.1 Å². The van der Waals surface area contributed by atoms with Crippen LogP contribution in [0.25, 0.3) is 10.8 Å². The summed E-state index contributed by atoms with van der Waals surface area (Å²) >= 11 is 0. The first-order valence-electron chi connectivity index (χ1n) is 5.67. The largest absolute Gasteiger partial charge is 0.303 e. The molecule has 0 N–H and O–H groups in total. The maximum atomic E-state index is 10.5. The van der Waals surface area contributed by atoms with Crippen molar-refractivity contribution in [1.82, 2.24) is 0 Å². The van der Waals surface area contributed by atoms with Crippen LogP contribution in [0.15, 0.2) is 36.4 Å². The Morgan fingerprint density at radius 2 is 1.75 bits per heavy atom. The highest BCUT2D eigenvalue weighted by Crippen LogP contribution is 2.22. The van der Waals surface area contributed by atoms with Crippen LogP contribution in [-0.2, 0) is 11.2 Å². The zero-order chi connectivity index (χ0) is 11.5. The number of carbonyl (C=O) groups excluding carboxylic acids is 1. The average molecular weight is 212 g/mol. The molecule has 0 amide bonds. The van der Waals surface area contributed by atoms with Crippen molar-refractivity contribution in [3.63, 3.8) is 0 Å². The van der Waals surface area contributed by atoms with Gasteiger partial charge in [0.25, 0.3) is 0 Å². The van der Waals surface area contributed by atoms with Crippen LogP contribution in [-0.4, -0.2) is 6.29 Å². The van der Waals surface area contributed by atoms with Gasteiger partial charge in [-0.1, -0.05) is 50.2 Å². The number of hydrogen-bond acceptors (Lipinski definition) is 1. The highest BCUT2D eigenvalue weighted by Gasteiger charge is 2.01. The zero-order valence-electron chi connectivity index (χ0n) is 9.73. The molecule has 0 fully saturated rings. The summed E-state index contributed by atoms with van der Waals surface area (Å²) in [5, 5.41) is 2.46. The van der Waals surface area contributed by atoms with Crippen molar-refractivity contribution in [3.8, 4) is 0 Å². The minimum Gasteiger partial charge on any atom is -0.303 e. The van der Waals surface area contributed by atoms with E-state index in [-0.39, 0.29) is 0 Å². The van der Waals surface area contributed by atoms with Gasteiger partial charge in [-0.2, -0.15) is 0 Å². The summed E-state index contributed by atoms with van der Waals surface area (Å²) in [5.41, 5.74) is 2.44. The maximum Gasteiger partial charge on any atom is 0.124 e. The molecule has 0 saturated carbocycles. The number of carbonyl (C=O) groups is 1. The van der Waals surface area contributed by atoms with E-state index in [0.717, 1.165) is 11.8 Å². The Hall–Kier alpha value is -1.63. The van der Waals surface area contributed by atoms with Gasteiger partial charge in [-0.25, -0.2) is 0 Å². The minimum absolute atomic E-state index is 0.502. The van der Waals surface area contributed by atoms with Crippen molar-refractivity contribution in [2.75, 3.05) is 0 Å². The summed E-state index contributed by atoms with van der Waals surface area (Å²) in [6.07, 6.45) is 1.45. The Balaban J connectivity index is 2.48. The summed E-state index contributed by atoms with van der Waals surface area (Å²) in [7, 11) is 0. The second kappa shape index (κ2) is 4.48. The molecule has 0 aliphatic heterocycles. The lowest BCUT2D eigenvalue weighted by atomic mass is 9.98. The normalized spacial score (nSPS) is 10.9. The van der Waals surface area contributed by atoms with Crippen LogP contribution in [0.4, 0.5) is 0 Å². The van der Waals surface area contributed by atoms with E-state index in [4.69, 9.17) is 0 Å². The molecule has 2 aromatic rings. The molecule has 0 saturated heterocycles. The standard InChI is InChI=1S/C15H16O/c1-11(2)13-5-6-14-9-12(7-8-16)3-4-15(14)10-13/h3-6,8-11H,7H2,1-2H3. The Labute approximate surface area is 96.1 Å². The molecular weight excluding hydrogens is 196 g/mol. The van der Waals surface area contributed by atoms with Gasteiger partial charge in [0.05, 0.1) is 0 Å². The Morgan fingerprint density at radius 3 is 2.44 bits per heavy atom. The molecular formula is C15H16O. The second-order valence-corrected chi connectivity index (χ2v) is 4.47. The Bertz CT molecular complexity index is 512. The SMILES string of the molecule is CC(C)c1ccc2cc(CC=O)ccc2c1. The summed E-state index contributed by atoms with van der Waals surface area (Å²) in [6.45, 7) is 4.39. The fourth-order valence-corrected chi connectivity index (χ4v) is 1.90. The summed E-state index contributed by atoms with van der Waals surface area (Å²) in [4.78, 5) is 10.5. The summed E-state index contributed by atoms with van der Waals surface area (Å²) in [6, 6.07) is 12.7. The van der Waals surface area contributed by atoms with Gasteiger partial charge in [-0.15, -0.1) is 0 Å². The van der Waals surface area contributed by atoms with Gasteiger partial charge in [0.2, 0.25) is 0 Å². The molecule has 0 spiro atoms. The predicted octanol–water partition coefficient (Wildman–Crippen LogP) is 3.70. The third-order valence-electron chi connectivity index (χ3n) is 2.91. The lowest BCUT2D eigenvalue weighted by Gasteiger charge is -2.07. The van der Waals surface area contributed by atoms with Crippen LogP contribution >= 0.6 is 0 Å². The van der Waals surface area contributed by atoms with Crippen LogP contribution in [0.3, 0.4) is 0 Å². The van der Waals surface area contributed by atoms with E-state index in [1.54, 1.807) is 0 Å². The molecule has 1 nitrogen and oxygen atoms in total. The molecule has 0 bridgehead atoms. The number of rotatable bonds is 3. The first kappa shape index (κ1) is 10.9. The molecule has 16 heavy (non-hydrogen) atoms.